The van der Waals surface area contributed by atoms with Crippen molar-refractivity contribution in [2.75, 3.05) is 6.54 Å². The van der Waals surface area contributed by atoms with Crippen molar-refractivity contribution in [3.8, 4) is 6.07 Å². The zero-order valence-electron chi connectivity index (χ0n) is 8.31. The number of ketones is 1. The predicted molar refractivity (Wildman–Crippen MR) is 52.3 cm³/mol. The number of nitrogens with zero attached hydrogens (tertiary/aromatic N) is 4. The fraction of sp³-hybridized carbons (Fsp3) is 0.778. The minimum absolute atomic E-state index is 0.0303. The molecule has 0 amide bonds. The molecule has 0 aliphatic carbocycles. The van der Waals surface area contributed by atoms with Gasteiger partial charge in [-0.1, -0.05) is 12.0 Å². The largest absolute Gasteiger partial charge is 0.299 e. The van der Waals surface area contributed by atoms with Crippen molar-refractivity contribution < 1.29 is 4.79 Å². The lowest BCUT2D eigenvalue weighted by Crippen LogP contribution is -2.10. The predicted octanol–water partition coefficient (Wildman–Crippen LogP) is 2.59. The lowest BCUT2D eigenvalue weighted by atomic mass is 9.97. The summed E-state index contributed by atoms with van der Waals surface area (Å²) in [4.78, 5) is 13.9. The van der Waals surface area contributed by atoms with Crippen LogP contribution in [-0.2, 0) is 4.79 Å². The highest BCUT2D eigenvalue weighted by Crippen LogP contribution is 2.10. The van der Waals surface area contributed by atoms with Crippen LogP contribution < -0.4 is 0 Å². The number of nitriles is 1. The van der Waals surface area contributed by atoms with E-state index in [1.807, 2.05) is 13.0 Å². The highest BCUT2D eigenvalue weighted by Gasteiger charge is 2.11. The molecule has 0 aromatic rings. The molecule has 14 heavy (non-hydrogen) atoms. The third-order valence-electron chi connectivity index (χ3n) is 1.99. The summed E-state index contributed by atoms with van der Waals surface area (Å²) >= 11 is 0. The van der Waals surface area contributed by atoms with Gasteiger partial charge >= 0.3 is 0 Å². The van der Waals surface area contributed by atoms with Crippen molar-refractivity contribution in [2.45, 2.75) is 32.6 Å². The van der Waals surface area contributed by atoms with Gasteiger partial charge in [-0.05, 0) is 18.4 Å². The second kappa shape index (κ2) is 8.09. The molecule has 0 aliphatic rings. The summed E-state index contributed by atoms with van der Waals surface area (Å²) in [5.74, 6) is 0.0877. The van der Waals surface area contributed by atoms with Crippen molar-refractivity contribution in [1.29, 1.82) is 5.26 Å². The number of rotatable bonds is 7. The second-order valence-corrected chi connectivity index (χ2v) is 3.12. The fourth-order valence-corrected chi connectivity index (χ4v) is 1.10. The SMILES string of the molecule is C[C@@H](CCCN=[N+]=[N-])C(=O)CCC#N. The number of hydrogen-bond donors (Lipinski definition) is 0. The number of carbonyl (C=O) groups is 1. The first kappa shape index (κ1) is 12.5. The van der Waals surface area contributed by atoms with Crippen LogP contribution in [0.3, 0.4) is 0 Å². The maximum Gasteiger partial charge on any atom is 0.136 e. The molecule has 0 fully saturated rings. The third kappa shape index (κ3) is 6.04. The monoisotopic (exact) mass is 194 g/mol. The normalized spacial score (nSPS) is 11.1. The molecular weight excluding hydrogens is 180 g/mol. The highest BCUT2D eigenvalue weighted by molar-refractivity contribution is 5.80. The molecule has 0 unspecified atom stereocenters. The molecule has 0 aromatic carbocycles. The van der Waals surface area contributed by atoms with Crippen LogP contribution in [-0.4, -0.2) is 12.3 Å². The zero-order valence-corrected chi connectivity index (χ0v) is 8.31. The van der Waals surface area contributed by atoms with Crippen LogP contribution in [0.25, 0.3) is 10.4 Å². The molecule has 0 heterocycles. The first-order valence-corrected chi connectivity index (χ1v) is 4.63. The number of azide groups is 1. The van der Waals surface area contributed by atoms with E-state index in [1.54, 1.807) is 0 Å². The minimum Gasteiger partial charge on any atom is -0.299 e. The Kier molecular flexibility index (Phi) is 7.20. The first-order chi connectivity index (χ1) is 6.72. The van der Waals surface area contributed by atoms with Crippen molar-refractivity contribution >= 4 is 5.78 Å². The average Bonchev–Trinajstić information content (AvgIpc) is 2.20. The fourth-order valence-electron chi connectivity index (χ4n) is 1.10. The van der Waals surface area contributed by atoms with Crippen LogP contribution >= 0.6 is 0 Å². The molecular formula is C9H14N4O. The summed E-state index contributed by atoms with van der Waals surface area (Å²) in [5.41, 5.74) is 8.01. The van der Waals surface area contributed by atoms with Crippen LogP contribution in [0.5, 0.6) is 0 Å². The van der Waals surface area contributed by atoms with Gasteiger partial charge in [0.15, 0.2) is 0 Å². The second-order valence-electron chi connectivity index (χ2n) is 3.12. The van der Waals surface area contributed by atoms with Gasteiger partial charge in [-0.2, -0.15) is 5.26 Å². The van der Waals surface area contributed by atoms with E-state index in [4.69, 9.17) is 10.8 Å². The summed E-state index contributed by atoms with van der Waals surface area (Å²) < 4.78 is 0. The summed E-state index contributed by atoms with van der Waals surface area (Å²) in [7, 11) is 0. The smallest absolute Gasteiger partial charge is 0.136 e. The number of carbonyl (C=O) groups excluding carboxylic acids is 1. The van der Waals surface area contributed by atoms with Crippen molar-refractivity contribution in [1.82, 2.24) is 0 Å². The van der Waals surface area contributed by atoms with Gasteiger partial charge in [0, 0.05) is 30.2 Å². The van der Waals surface area contributed by atoms with Crippen LogP contribution in [0.15, 0.2) is 5.11 Å². The van der Waals surface area contributed by atoms with E-state index in [-0.39, 0.29) is 11.7 Å². The van der Waals surface area contributed by atoms with Crippen molar-refractivity contribution in [3.05, 3.63) is 10.4 Å². The molecule has 0 aliphatic heterocycles. The van der Waals surface area contributed by atoms with E-state index in [0.717, 1.165) is 12.8 Å². The molecule has 0 rings (SSSR count). The molecule has 0 radical (unpaired) electrons. The summed E-state index contributed by atoms with van der Waals surface area (Å²) in [6.45, 7) is 2.28. The standard InChI is InChI=1S/C9H14N4O/c1-8(4-3-7-12-13-11)9(14)5-2-6-10/h8H,2-5,7H2,1H3/t8-/m0/s1. The van der Waals surface area contributed by atoms with Gasteiger partial charge in [-0.3, -0.25) is 4.79 Å². The van der Waals surface area contributed by atoms with Gasteiger partial charge in [-0.15, -0.1) is 0 Å². The van der Waals surface area contributed by atoms with Gasteiger partial charge in [0.1, 0.15) is 5.78 Å². The zero-order chi connectivity index (χ0) is 10.8. The van der Waals surface area contributed by atoms with E-state index < -0.39 is 0 Å². The van der Waals surface area contributed by atoms with Gasteiger partial charge in [0.2, 0.25) is 0 Å². The van der Waals surface area contributed by atoms with E-state index in [0.29, 0.717) is 19.4 Å². The Balaban J connectivity index is 3.62. The minimum atomic E-state index is -0.0303. The van der Waals surface area contributed by atoms with Crippen molar-refractivity contribution in [3.63, 3.8) is 0 Å². The van der Waals surface area contributed by atoms with Gasteiger partial charge in [-0.25, -0.2) is 0 Å². The Morgan fingerprint density at radius 1 is 1.71 bits per heavy atom. The third-order valence-corrected chi connectivity index (χ3v) is 1.99. The summed E-state index contributed by atoms with van der Waals surface area (Å²) in [6.07, 6.45) is 2.07. The average molecular weight is 194 g/mol. The van der Waals surface area contributed by atoms with Gasteiger partial charge < -0.3 is 0 Å². The molecule has 0 bridgehead atoms. The molecule has 1 atom stereocenters. The van der Waals surface area contributed by atoms with Crippen LogP contribution in [0.2, 0.25) is 0 Å². The Labute approximate surface area is 83.3 Å². The Bertz CT molecular complexity index is 262. The van der Waals surface area contributed by atoms with E-state index >= 15 is 0 Å². The van der Waals surface area contributed by atoms with E-state index in [9.17, 15) is 4.79 Å². The highest BCUT2D eigenvalue weighted by atomic mass is 16.1. The molecule has 0 aromatic heterocycles. The number of Topliss-reactive ketones (excluding diaryl/α,β-unsaturated/α-hetero) is 1. The van der Waals surface area contributed by atoms with E-state index in [1.165, 1.54) is 0 Å². The summed E-state index contributed by atoms with van der Waals surface area (Å²) in [5, 5.41) is 11.7. The Hall–Kier alpha value is -1.53. The molecule has 0 saturated heterocycles. The van der Waals surface area contributed by atoms with Crippen molar-refractivity contribution in [2.24, 2.45) is 11.0 Å². The number of hydrogen-bond acceptors (Lipinski definition) is 3. The lowest BCUT2D eigenvalue weighted by Gasteiger charge is -2.07. The lowest BCUT2D eigenvalue weighted by molar-refractivity contribution is -0.122. The Morgan fingerprint density at radius 3 is 3.00 bits per heavy atom. The maximum absolute atomic E-state index is 11.3. The Morgan fingerprint density at radius 2 is 2.43 bits per heavy atom. The molecule has 0 N–H and O–H groups in total. The topological polar surface area (TPSA) is 89.6 Å². The molecule has 5 nitrogen and oxygen atoms in total. The van der Waals surface area contributed by atoms with Crippen LogP contribution in [0.1, 0.15) is 32.6 Å². The van der Waals surface area contributed by atoms with Gasteiger partial charge in [0.25, 0.3) is 0 Å². The van der Waals surface area contributed by atoms with Crippen LogP contribution in [0, 0.1) is 17.2 Å². The summed E-state index contributed by atoms with van der Waals surface area (Å²) in [6, 6.07) is 1.94. The first-order valence-electron chi connectivity index (χ1n) is 4.63. The molecule has 0 spiro atoms. The molecule has 76 valence electrons. The quantitative estimate of drug-likeness (QED) is 0.270. The molecule has 0 saturated carbocycles. The van der Waals surface area contributed by atoms with Crippen LogP contribution in [0.4, 0.5) is 0 Å². The van der Waals surface area contributed by atoms with Gasteiger partial charge in [0.05, 0.1) is 6.07 Å². The molecule has 5 heteroatoms. The van der Waals surface area contributed by atoms with E-state index in [2.05, 4.69) is 10.0 Å². The maximum atomic E-state index is 11.3.